The summed E-state index contributed by atoms with van der Waals surface area (Å²) in [5.41, 5.74) is 6.86. The lowest BCUT2D eigenvalue weighted by Gasteiger charge is -2.16. The number of nitrogen functional groups attached to an aromatic ring is 1. The molecule has 0 saturated carbocycles. The first-order valence-electron chi connectivity index (χ1n) is 6.03. The van der Waals surface area contributed by atoms with Gasteiger partial charge in [0.15, 0.2) is 17.7 Å². The van der Waals surface area contributed by atoms with Crippen LogP contribution >= 0.6 is 23.4 Å². The fourth-order valence-electron chi connectivity index (χ4n) is 2.40. The molecular weight excluding hydrogens is 302 g/mol. The summed E-state index contributed by atoms with van der Waals surface area (Å²) in [4.78, 5) is 12.3. The molecule has 2 aromatic rings. The Balaban J connectivity index is 2.01. The zero-order valence-electron chi connectivity index (χ0n) is 10.7. The number of aromatic nitrogens is 4. The molecular formula is C11H14ClN5O2S. The van der Waals surface area contributed by atoms with E-state index in [1.54, 1.807) is 22.7 Å². The highest BCUT2D eigenvalue weighted by atomic mass is 35.5. The molecule has 1 aliphatic heterocycles. The van der Waals surface area contributed by atoms with Crippen LogP contribution in [-0.4, -0.2) is 54.2 Å². The average Bonchev–Trinajstić information content (AvgIpc) is 3.00. The third kappa shape index (κ3) is 2.03. The van der Waals surface area contributed by atoms with Crippen LogP contribution in [0, 0.1) is 0 Å². The second kappa shape index (κ2) is 5.36. The van der Waals surface area contributed by atoms with Crippen molar-refractivity contribution in [2.45, 2.75) is 23.0 Å². The number of hydrogen-bond acceptors (Lipinski definition) is 7. The van der Waals surface area contributed by atoms with E-state index < -0.39 is 6.23 Å². The van der Waals surface area contributed by atoms with Crippen LogP contribution in [0.5, 0.6) is 0 Å². The number of imidazole rings is 1. The number of hydrogen-bond donors (Lipinski definition) is 2. The minimum Gasteiger partial charge on any atom is -0.394 e. The van der Waals surface area contributed by atoms with Gasteiger partial charge < -0.3 is 15.6 Å². The van der Waals surface area contributed by atoms with Gasteiger partial charge in [-0.2, -0.15) is 11.8 Å². The molecule has 0 amide bonds. The Morgan fingerprint density at radius 3 is 2.95 bits per heavy atom. The molecule has 0 bridgehead atoms. The number of nitrogens with two attached hydrogens (primary N) is 1. The first-order valence-corrected chi connectivity index (χ1v) is 7.76. The summed E-state index contributed by atoms with van der Waals surface area (Å²) in [5.74, 6) is 0.318. The molecule has 108 valence electrons. The molecule has 3 N–H and O–H groups in total. The van der Waals surface area contributed by atoms with Crippen LogP contribution in [-0.2, 0) is 4.74 Å². The van der Waals surface area contributed by atoms with E-state index in [2.05, 4.69) is 15.0 Å². The number of thioether (sulfide) groups is 1. The standard InChI is InChI=1S/C11H14ClN5O2S/c1-20-8-5(2-18)19-11(6(8)12)17-4-16-7-9(13)14-3-15-10(7)17/h3-6,8,11,18H,2H2,1H3,(H2,13,14,15)/t5-,6-,8+,11-/m1/s1. The van der Waals surface area contributed by atoms with Crippen molar-refractivity contribution in [3.63, 3.8) is 0 Å². The monoisotopic (exact) mass is 315 g/mol. The Labute approximate surface area is 124 Å². The summed E-state index contributed by atoms with van der Waals surface area (Å²) < 4.78 is 7.58. The SMILES string of the molecule is CS[C@@H]1[C@@H](Cl)[C@H](n2cnc3c(N)ncnc32)O[C@@H]1CO. The molecule has 0 unspecified atom stereocenters. The maximum absolute atomic E-state index is 9.39. The lowest BCUT2D eigenvalue weighted by atomic mass is 10.2. The molecule has 4 atom stereocenters. The average molecular weight is 316 g/mol. The summed E-state index contributed by atoms with van der Waals surface area (Å²) in [6, 6.07) is 0. The van der Waals surface area contributed by atoms with Crippen molar-refractivity contribution < 1.29 is 9.84 Å². The van der Waals surface area contributed by atoms with E-state index in [1.807, 2.05) is 6.26 Å². The van der Waals surface area contributed by atoms with Gasteiger partial charge in [-0.25, -0.2) is 15.0 Å². The first-order chi connectivity index (χ1) is 9.67. The maximum Gasteiger partial charge on any atom is 0.167 e. The van der Waals surface area contributed by atoms with Crippen LogP contribution in [0.25, 0.3) is 11.2 Å². The van der Waals surface area contributed by atoms with Gasteiger partial charge in [0.1, 0.15) is 11.8 Å². The van der Waals surface area contributed by atoms with Gasteiger partial charge in [0.25, 0.3) is 0 Å². The second-order valence-electron chi connectivity index (χ2n) is 4.48. The number of nitrogens with zero attached hydrogens (tertiary/aromatic N) is 4. The Kier molecular flexibility index (Phi) is 3.72. The normalized spacial score (nSPS) is 30.1. The van der Waals surface area contributed by atoms with Gasteiger partial charge in [-0.3, -0.25) is 4.57 Å². The number of halogens is 1. The lowest BCUT2D eigenvalue weighted by Crippen LogP contribution is -2.27. The van der Waals surface area contributed by atoms with Gasteiger partial charge in [-0.05, 0) is 6.26 Å². The molecule has 0 radical (unpaired) electrons. The third-order valence-electron chi connectivity index (χ3n) is 3.38. The zero-order chi connectivity index (χ0) is 14.3. The van der Waals surface area contributed by atoms with Crippen molar-refractivity contribution in [3.8, 4) is 0 Å². The van der Waals surface area contributed by atoms with Crippen molar-refractivity contribution in [3.05, 3.63) is 12.7 Å². The number of alkyl halides is 1. The van der Waals surface area contributed by atoms with Crippen molar-refractivity contribution in [2.75, 3.05) is 18.6 Å². The molecule has 0 aliphatic carbocycles. The maximum atomic E-state index is 9.39. The lowest BCUT2D eigenvalue weighted by molar-refractivity contribution is -0.0190. The highest BCUT2D eigenvalue weighted by Crippen LogP contribution is 2.40. The van der Waals surface area contributed by atoms with E-state index in [1.165, 1.54) is 6.33 Å². The highest BCUT2D eigenvalue weighted by molar-refractivity contribution is 7.99. The van der Waals surface area contributed by atoms with Crippen LogP contribution in [0.4, 0.5) is 5.82 Å². The van der Waals surface area contributed by atoms with Crippen LogP contribution in [0.2, 0.25) is 0 Å². The molecule has 3 heterocycles. The van der Waals surface area contributed by atoms with E-state index in [-0.39, 0.29) is 23.3 Å². The van der Waals surface area contributed by atoms with Crippen molar-refractivity contribution in [2.24, 2.45) is 0 Å². The molecule has 7 nitrogen and oxygen atoms in total. The topological polar surface area (TPSA) is 99.1 Å². The number of aliphatic hydroxyl groups excluding tert-OH is 1. The van der Waals surface area contributed by atoms with Crippen molar-refractivity contribution in [1.82, 2.24) is 19.5 Å². The number of aliphatic hydroxyl groups is 1. The quantitative estimate of drug-likeness (QED) is 0.802. The zero-order valence-corrected chi connectivity index (χ0v) is 12.3. The van der Waals surface area contributed by atoms with E-state index in [9.17, 15) is 5.11 Å². The second-order valence-corrected chi connectivity index (χ2v) is 6.00. The summed E-state index contributed by atoms with van der Waals surface area (Å²) in [5, 5.41) is 9.10. The summed E-state index contributed by atoms with van der Waals surface area (Å²) in [6.45, 7) is -0.0744. The van der Waals surface area contributed by atoms with E-state index in [0.717, 1.165) is 0 Å². The van der Waals surface area contributed by atoms with Gasteiger partial charge in [0, 0.05) is 0 Å². The fourth-order valence-corrected chi connectivity index (χ4v) is 3.90. The minimum atomic E-state index is -0.439. The third-order valence-corrected chi connectivity index (χ3v) is 5.16. The van der Waals surface area contributed by atoms with Gasteiger partial charge in [-0.15, -0.1) is 11.6 Å². The molecule has 1 saturated heterocycles. The van der Waals surface area contributed by atoms with Crippen LogP contribution in [0.15, 0.2) is 12.7 Å². The Hall–Kier alpha value is -1.09. The Bertz CT molecular complexity index is 624. The van der Waals surface area contributed by atoms with Crippen LogP contribution < -0.4 is 5.73 Å². The Morgan fingerprint density at radius 2 is 2.30 bits per heavy atom. The molecule has 9 heteroatoms. The van der Waals surface area contributed by atoms with Crippen molar-refractivity contribution >= 4 is 40.3 Å². The molecule has 2 aromatic heterocycles. The largest absolute Gasteiger partial charge is 0.394 e. The van der Waals surface area contributed by atoms with Crippen LogP contribution in [0.3, 0.4) is 0 Å². The predicted octanol–water partition coefficient (Wildman–Crippen LogP) is 0.637. The minimum absolute atomic E-state index is 0.00306. The van der Waals surface area contributed by atoms with Crippen molar-refractivity contribution in [1.29, 1.82) is 0 Å². The highest BCUT2D eigenvalue weighted by Gasteiger charge is 2.44. The van der Waals surface area contributed by atoms with Gasteiger partial charge in [-0.1, -0.05) is 0 Å². The predicted molar refractivity (Wildman–Crippen MR) is 77.7 cm³/mol. The van der Waals surface area contributed by atoms with E-state index in [4.69, 9.17) is 22.1 Å². The van der Waals surface area contributed by atoms with Gasteiger partial charge >= 0.3 is 0 Å². The van der Waals surface area contributed by atoms with Gasteiger partial charge in [0.2, 0.25) is 0 Å². The molecule has 1 fully saturated rings. The van der Waals surface area contributed by atoms with Gasteiger partial charge in [0.05, 0.1) is 29.7 Å². The fraction of sp³-hybridized carbons (Fsp3) is 0.545. The molecule has 20 heavy (non-hydrogen) atoms. The summed E-state index contributed by atoms with van der Waals surface area (Å²) >= 11 is 8.04. The van der Waals surface area contributed by atoms with E-state index >= 15 is 0 Å². The Morgan fingerprint density at radius 1 is 1.50 bits per heavy atom. The first kappa shape index (κ1) is 13.9. The molecule has 0 spiro atoms. The smallest absolute Gasteiger partial charge is 0.167 e. The molecule has 0 aromatic carbocycles. The molecule has 3 rings (SSSR count). The molecule has 1 aliphatic rings. The summed E-state index contributed by atoms with van der Waals surface area (Å²) in [6.07, 6.45) is 4.16. The van der Waals surface area contributed by atoms with Crippen LogP contribution in [0.1, 0.15) is 6.23 Å². The number of fused-ring (bicyclic) bond motifs is 1. The number of ether oxygens (including phenoxy) is 1. The number of anilines is 1. The number of rotatable bonds is 3. The summed E-state index contributed by atoms with van der Waals surface area (Å²) in [7, 11) is 0. The van der Waals surface area contributed by atoms with E-state index in [0.29, 0.717) is 17.0 Å².